The predicted octanol–water partition coefficient (Wildman–Crippen LogP) is 3.01. The number of hydrogen-bond donors (Lipinski definition) is 0. The highest BCUT2D eigenvalue weighted by molar-refractivity contribution is 9.10. The first-order chi connectivity index (χ1) is 16.2. The Balaban J connectivity index is 1.35. The minimum absolute atomic E-state index is 0.0887. The first-order valence-corrected chi connectivity index (χ1v) is 13.2. The minimum Gasteiger partial charge on any atom is -0.470 e. The van der Waals surface area contributed by atoms with E-state index in [-0.39, 0.29) is 49.4 Å². The van der Waals surface area contributed by atoms with E-state index in [1.54, 1.807) is 47.1 Å². The molecule has 3 heterocycles. The number of halogens is 2. The Morgan fingerprint density at radius 1 is 1.15 bits per heavy atom. The first-order valence-electron chi connectivity index (χ1n) is 10.6. The molecule has 4 rings (SSSR count). The predicted molar refractivity (Wildman–Crippen MR) is 129 cm³/mol. The number of amides is 1. The van der Waals surface area contributed by atoms with Gasteiger partial charge in [0.1, 0.15) is 10.6 Å². The minimum atomic E-state index is -3.67. The molecule has 0 bridgehead atoms. The van der Waals surface area contributed by atoms with Crippen molar-refractivity contribution in [1.82, 2.24) is 28.8 Å². The Hall–Kier alpha value is -2.41. The summed E-state index contributed by atoms with van der Waals surface area (Å²) in [7, 11) is -3.67. The number of carbonyl (C=O) groups excluding carboxylic acids is 1. The number of benzene rings is 1. The first kappa shape index (κ1) is 24.7. The summed E-state index contributed by atoms with van der Waals surface area (Å²) >= 11 is 9.50. The van der Waals surface area contributed by atoms with Gasteiger partial charge in [-0.25, -0.2) is 13.1 Å². The third-order valence-corrected chi connectivity index (χ3v) is 8.27. The number of hydrogen-bond acceptors (Lipinski definition) is 6. The van der Waals surface area contributed by atoms with Crippen LogP contribution in [0.15, 0.2) is 46.0 Å². The number of aryl methyl sites for hydroxylation is 2. The zero-order valence-electron chi connectivity index (χ0n) is 18.7. The van der Waals surface area contributed by atoms with E-state index in [2.05, 4.69) is 26.1 Å². The molecule has 34 heavy (non-hydrogen) atoms. The monoisotopic (exact) mass is 570 g/mol. The van der Waals surface area contributed by atoms with Crippen LogP contribution in [-0.4, -0.2) is 69.3 Å². The Kier molecular flexibility index (Phi) is 7.31. The second-order valence-corrected chi connectivity index (χ2v) is 10.9. The molecule has 0 atom stereocenters. The summed E-state index contributed by atoms with van der Waals surface area (Å²) < 4.78 is 37.1. The third-order valence-electron chi connectivity index (χ3n) is 5.48. The van der Waals surface area contributed by atoms with Gasteiger partial charge in [0.15, 0.2) is 12.4 Å². The van der Waals surface area contributed by atoms with Crippen molar-refractivity contribution in [3.8, 4) is 5.75 Å². The lowest BCUT2D eigenvalue weighted by Gasteiger charge is -2.33. The standard InChI is InChI=1S/C21H24BrClN6O4S/c1-3-27-13-20(15(2)24-27)34(31,32)29-10-8-26(9-11-29)21(30)18-6-7-28(25-18)14-33-19-5-4-16(22)12-17(19)23/h4-7,12-13H,3,8-11,14H2,1-2H3. The zero-order chi connectivity index (χ0) is 24.5. The van der Waals surface area contributed by atoms with E-state index >= 15 is 0 Å². The van der Waals surface area contributed by atoms with Crippen LogP contribution in [0.5, 0.6) is 5.75 Å². The SMILES string of the molecule is CCn1cc(S(=O)(=O)N2CCN(C(=O)c3ccn(COc4ccc(Br)cc4Cl)n3)CC2)c(C)n1. The molecule has 1 amide bonds. The van der Waals surface area contributed by atoms with Crippen molar-refractivity contribution in [2.45, 2.75) is 32.0 Å². The Morgan fingerprint density at radius 2 is 1.88 bits per heavy atom. The molecule has 0 saturated carbocycles. The number of sulfonamides is 1. The fraction of sp³-hybridized carbons (Fsp3) is 0.381. The highest BCUT2D eigenvalue weighted by Crippen LogP contribution is 2.28. The molecule has 2 aromatic heterocycles. The van der Waals surface area contributed by atoms with Gasteiger partial charge in [-0.05, 0) is 38.1 Å². The molecule has 1 aromatic carbocycles. The maximum absolute atomic E-state index is 13.0. The molecule has 13 heteroatoms. The number of nitrogens with zero attached hydrogens (tertiary/aromatic N) is 6. The Labute approximate surface area is 211 Å². The summed E-state index contributed by atoms with van der Waals surface area (Å²) in [6, 6.07) is 6.90. The highest BCUT2D eigenvalue weighted by Gasteiger charge is 2.33. The molecule has 0 unspecified atom stereocenters. The molecule has 1 fully saturated rings. The van der Waals surface area contributed by atoms with Gasteiger partial charge < -0.3 is 9.64 Å². The van der Waals surface area contributed by atoms with Crippen LogP contribution in [0.25, 0.3) is 0 Å². The van der Waals surface area contributed by atoms with Gasteiger partial charge in [0.25, 0.3) is 5.91 Å². The van der Waals surface area contributed by atoms with E-state index in [1.807, 2.05) is 13.0 Å². The molecule has 3 aromatic rings. The average Bonchev–Trinajstić information content (AvgIpc) is 3.45. The lowest BCUT2D eigenvalue weighted by Crippen LogP contribution is -2.50. The summed E-state index contributed by atoms with van der Waals surface area (Å²) in [5.74, 6) is 0.248. The number of carbonyl (C=O) groups is 1. The fourth-order valence-corrected chi connectivity index (χ4v) is 5.94. The van der Waals surface area contributed by atoms with E-state index in [0.29, 0.717) is 23.0 Å². The summed E-state index contributed by atoms with van der Waals surface area (Å²) in [6.07, 6.45) is 3.20. The Morgan fingerprint density at radius 3 is 2.53 bits per heavy atom. The largest absolute Gasteiger partial charge is 0.470 e. The van der Waals surface area contributed by atoms with Gasteiger partial charge >= 0.3 is 0 Å². The molecule has 0 aliphatic carbocycles. The van der Waals surface area contributed by atoms with E-state index < -0.39 is 10.0 Å². The molecule has 182 valence electrons. The molecule has 0 spiro atoms. The highest BCUT2D eigenvalue weighted by atomic mass is 79.9. The van der Waals surface area contributed by atoms with Gasteiger partial charge in [-0.3, -0.25) is 9.48 Å². The smallest absolute Gasteiger partial charge is 0.274 e. The second kappa shape index (κ2) is 10.1. The van der Waals surface area contributed by atoms with Gasteiger partial charge in [-0.1, -0.05) is 27.5 Å². The van der Waals surface area contributed by atoms with Gasteiger partial charge in [-0.2, -0.15) is 14.5 Å². The van der Waals surface area contributed by atoms with Crippen LogP contribution < -0.4 is 4.74 Å². The van der Waals surface area contributed by atoms with Crippen LogP contribution in [0.1, 0.15) is 23.1 Å². The molecule has 0 N–H and O–H groups in total. The molecular weight excluding hydrogens is 548 g/mol. The number of rotatable bonds is 7. The van der Waals surface area contributed by atoms with Gasteiger partial charge in [0.05, 0.1) is 10.7 Å². The van der Waals surface area contributed by atoms with E-state index in [0.717, 1.165) is 4.47 Å². The molecule has 0 radical (unpaired) electrons. The van der Waals surface area contributed by atoms with Crippen LogP contribution in [0, 0.1) is 6.92 Å². The van der Waals surface area contributed by atoms with Crippen molar-refractivity contribution >= 4 is 43.5 Å². The van der Waals surface area contributed by atoms with Crippen molar-refractivity contribution in [2.75, 3.05) is 26.2 Å². The van der Waals surface area contributed by atoms with Crippen molar-refractivity contribution in [1.29, 1.82) is 0 Å². The van der Waals surface area contributed by atoms with Crippen molar-refractivity contribution < 1.29 is 17.9 Å². The van der Waals surface area contributed by atoms with Crippen LogP contribution >= 0.6 is 27.5 Å². The van der Waals surface area contributed by atoms with Crippen LogP contribution in [0.3, 0.4) is 0 Å². The molecular formula is C21H24BrClN6O4S. The number of piperazine rings is 1. The van der Waals surface area contributed by atoms with Crippen molar-refractivity contribution in [3.05, 3.63) is 57.5 Å². The maximum Gasteiger partial charge on any atom is 0.274 e. The lowest BCUT2D eigenvalue weighted by atomic mass is 10.3. The summed E-state index contributed by atoms with van der Waals surface area (Å²) in [5, 5.41) is 8.99. The molecule has 1 saturated heterocycles. The van der Waals surface area contributed by atoms with Crippen LogP contribution in [0.4, 0.5) is 0 Å². The number of aromatic nitrogens is 4. The lowest BCUT2D eigenvalue weighted by molar-refractivity contribution is 0.0690. The van der Waals surface area contributed by atoms with Gasteiger partial charge in [0, 0.05) is 49.6 Å². The van der Waals surface area contributed by atoms with Crippen molar-refractivity contribution in [2.24, 2.45) is 0 Å². The normalized spacial score (nSPS) is 15.0. The van der Waals surface area contributed by atoms with E-state index in [4.69, 9.17) is 16.3 Å². The Bertz CT molecular complexity index is 1300. The second-order valence-electron chi connectivity index (χ2n) is 7.72. The fourth-order valence-electron chi connectivity index (χ4n) is 3.62. The van der Waals surface area contributed by atoms with Crippen LogP contribution in [-0.2, 0) is 23.3 Å². The summed E-state index contributed by atoms with van der Waals surface area (Å²) in [4.78, 5) is 14.7. The summed E-state index contributed by atoms with van der Waals surface area (Å²) in [5.41, 5.74) is 0.736. The molecule has 1 aliphatic heterocycles. The number of ether oxygens (including phenoxy) is 1. The third kappa shape index (κ3) is 5.14. The van der Waals surface area contributed by atoms with Crippen molar-refractivity contribution in [3.63, 3.8) is 0 Å². The quantitative estimate of drug-likeness (QED) is 0.432. The van der Waals surface area contributed by atoms with E-state index in [9.17, 15) is 13.2 Å². The van der Waals surface area contributed by atoms with Crippen LogP contribution in [0.2, 0.25) is 5.02 Å². The van der Waals surface area contributed by atoms with Gasteiger partial charge in [-0.15, -0.1) is 0 Å². The maximum atomic E-state index is 13.0. The van der Waals surface area contributed by atoms with Gasteiger partial charge in [0.2, 0.25) is 10.0 Å². The average molecular weight is 572 g/mol. The molecule has 10 nitrogen and oxygen atoms in total. The zero-order valence-corrected chi connectivity index (χ0v) is 21.8. The topological polar surface area (TPSA) is 103 Å². The summed E-state index contributed by atoms with van der Waals surface area (Å²) in [6.45, 7) is 5.22. The molecule has 1 aliphatic rings. The van der Waals surface area contributed by atoms with E-state index in [1.165, 1.54) is 8.99 Å².